The van der Waals surface area contributed by atoms with Crippen LogP contribution in [0.2, 0.25) is 10.0 Å². The Kier molecular flexibility index (Phi) is 6.76. The highest BCUT2D eigenvalue weighted by Crippen LogP contribution is 2.30. The summed E-state index contributed by atoms with van der Waals surface area (Å²) in [7, 11) is 0. The molecule has 4 nitrogen and oxygen atoms in total. The average Bonchev–Trinajstić information content (AvgIpc) is 3.16. The molecule has 146 valence electrons. The lowest BCUT2D eigenvalue weighted by atomic mass is 10.0. The zero-order valence-corrected chi connectivity index (χ0v) is 17.4. The fraction of sp³-hybridized carbons (Fsp3) is 0.273. The number of nitrogens with zero attached hydrogens (tertiary/aromatic N) is 1. The Morgan fingerprint density at radius 3 is 2.50 bits per heavy atom. The van der Waals surface area contributed by atoms with Crippen LogP contribution < -0.4 is 5.32 Å². The van der Waals surface area contributed by atoms with Gasteiger partial charge in [0.1, 0.15) is 0 Å². The van der Waals surface area contributed by atoms with Crippen molar-refractivity contribution in [2.75, 3.05) is 5.32 Å². The van der Waals surface area contributed by atoms with Crippen LogP contribution in [0, 0.1) is 0 Å². The van der Waals surface area contributed by atoms with Crippen molar-refractivity contribution in [3.8, 4) is 11.3 Å². The van der Waals surface area contributed by atoms with Crippen molar-refractivity contribution >= 4 is 34.8 Å². The number of hydrogen-bond acceptors (Lipinski definition) is 3. The number of benzene rings is 2. The molecule has 1 heterocycles. The zero-order valence-electron chi connectivity index (χ0n) is 15.9. The molecule has 0 fully saturated rings. The van der Waals surface area contributed by atoms with Gasteiger partial charge in [-0.2, -0.15) is 0 Å². The predicted octanol–water partition coefficient (Wildman–Crippen LogP) is 6.34. The van der Waals surface area contributed by atoms with Gasteiger partial charge < -0.3 is 9.73 Å². The fourth-order valence-corrected chi connectivity index (χ4v) is 3.48. The maximum Gasteiger partial charge on any atom is 0.224 e. The lowest BCUT2D eigenvalue weighted by Gasteiger charge is -2.15. The molecule has 3 rings (SSSR count). The highest BCUT2D eigenvalue weighted by molar-refractivity contribution is 6.32. The minimum Gasteiger partial charge on any atom is -0.441 e. The van der Waals surface area contributed by atoms with Crippen molar-refractivity contribution in [2.45, 2.75) is 39.5 Å². The zero-order chi connectivity index (χ0) is 20.1. The number of amides is 1. The quantitative estimate of drug-likeness (QED) is 0.488. The molecule has 0 saturated heterocycles. The number of aromatic nitrogens is 1. The lowest BCUT2D eigenvalue weighted by Crippen LogP contribution is -2.15. The Morgan fingerprint density at radius 1 is 1.07 bits per heavy atom. The van der Waals surface area contributed by atoms with Crippen LogP contribution in [0.4, 0.5) is 5.69 Å². The molecule has 3 aromatic rings. The van der Waals surface area contributed by atoms with Crippen LogP contribution in [0.15, 0.2) is 47.0 Å². The molecule has 0 radical (unpaired) electrons. The van der Waals surface area contributed by atoms with Crippen LogP contribution in [0.25, 0.3) is 11.3 Å². The largest absolute Gasteiger partial charge is 0.441 e. The predicted molar refractivity (Wildman–Crippen MR) is 114 cm³/mol. The summed E-state index contributed by atoms with van der Waals surface area (Å²) in [6.07, 6.45) is 3.94. The monoisotopic (exact) mass is 416 g/mol. The van der Waals surface area contributed by atoms with Gasteiger partial charge in [-0.25, -0.2) is 4.98 Å². The molecule has 0 aliphatic rings. The summed E-state index contributed by atoms with van der Waals surface area (Å²) >= 11 is 12.2. The van der Waals surface area contributed by atoms with E-state index >= 15 is 0 Å². The second-order valence-electron chi connectivity index (χ2n) is 6.44. The van der Waals surface area contributed by atoms with Gasteiger partial charge in [0.25, 0.3) is 0 Å². The molecule has 0 spiro atoms. The van der Waals surface area contributed by atoms with E-state index in [1.807, 2.05) is 31.2 Å². The second kappa shape index (κ2) is 9.26. The van der Waals surface area contributed by atoms with Crippen LogP contribution in [0.1, 0.15) is 37.3 Å². The Morgan fingerprint density at radius 2 is 1.82 bits per heavy atom. The van der Waals surface area contributed by atoms with Crippen LogP contribution in [-0.2, 0) is 24.1 Å². The Labute approximate surface area is 174 Å². The second-order valence-corrected chi connectivity index (χ2v) is 7.28. The van der Waals surface area contributed by atoms with E-state index in [0.717, 1.165) is 35.2 Å². The number of hydrogen-bond donors (Lipinski definition) is 1. The first kappa shape index (κ1) is 20.4. The number of carbonyl (C=O) groups excluding carboxylic acids is 1. The lowest BCUT2D eigenvalue weighted by molar-refractivity contribution is -0.116. The molecule has 1 aromatic heterocycles. The molecule has 2 aromatic carbocycles. The summed E-state index contributed by atoms with van der Waals surface area (Å²) in [5.74, 6) is 1.10. The molecule has 0 unspecified atom stereocenters. The van der Waals surface area contributed by atoms with Crippen molar-refractivity contribution in [1.82, 2.24) is 4.98 Å². The van der Waals surface area contributed by atoms with E-state index < -0.39 is 0 Å². The maximum absolute atomic E-state index is 12.5. The van der Waals surface area contributed by atoms with E-state index in [0.29, 0.717) is 28.1 Å². The van der Waals surface area contributed by atoms with E-state index in [2.05, 4.69) is 17.2 Å². The molecule has 0 atom stereocenters. The number of anilines is 1. The Hall–Kier alpha value is -2.30. The highest BCUT2D eigenvalue weighted by atomic mass is 35.5. The molecule has 0 aliphatic carbocycles. The third kappa shape index (κ3) is 4.75. The van der Waals surface area contributed by atoms with Crippen molar-refractivity contribution < 1.29 is 9.21 Å². The standard InChI is InChI=1S/C22H22Cl2N2O2/c1-3-14-7-10-18(24)17(4-2)22(14)26-20(27)11-12-21-25-13-19(28-21)15-5-8-16(23)9-6-15/h5-10,13H,3-4,11-12H2,1-2H3,(H,26,27). The van der Waals surface area contributed by atoms with E-state index in [-0.39, 0.29) is 12.3 Å². The van der Waals surface area contributed by atoms with Gasteiger partial charge in [-0.05, 0) is 54.3 Å². The summed E-state index contributed by atoms with van der Waals surface area (Å²) in [5, 5.41) is 4.37. The summed E-state index contributed by atoms with van der Waals surface area (Å²) < 4.78 is 5.76. The number of carbonyl (C=O) groups is 1. The van der Waals surface area contributed by atoms with Crippen molar-refractivity contribution in [3.63, 3.8) is 0 Å². The number of oxazole rings is 1. The van der Waals surface area contributed by atoms with E-state index in [1.165, 1.54) is 0 Å². The van der Waals surface area contributed by atoms with Gasteiger partial charge in [0.2, 0.25) is 5.91 Å². The first-order chi connectivity index (χ1) is 13.5. The maximum atomic E-state index is 12.5. The van der Waals surface area contributed by atoms with Gasteiger partial charge in [0.15, 0.2) is 11.7 Å². The van der Waals surface area contributed by atoms with Gasteiger partial charge in [0, 0.05) is 34.1 Å². The van der Waals surface area contributed by atoms with E-state index in [1.54, 1.807) is 18.3 Å². The normalized spacial score (nSPS) is 10.9. The summed E-state index contributed by atoms with van der Waals surface area (Å²) in [4.78, 5) is 16.8. The summed E-state index contributed by atoms with van der Waals surface area (Å²) in [6.45, 7) is 4.09. The third-order valence-corrected chi connectivity index (χ3v) is 5.20. The Balaban J connectivity index is 1.66. The van der Waals surface area contributed by atoms with Gasteiger partial charge in [-0.15, -0.1) is 0 Å². The SMILES string of the molecule is CCc1ccc(Cl)c(CC)c1NC(=O)CCc1ncc(-c2ccc(Cl)cc2)o1. The van der Waals surface area contributed by atoms with Crippen molar-refractivity contribution in [3.05, 3.63) is 69.7 Å². The van der Waals surface area contributed by atoms with Crippen molar-refractivity contribution in [1.29, 1.82) is 0 Å². The molecule has 1 N–H and O–H groups in total. The van der Waals surface area contributed by atoms with Gasteiger partial charge in [-0.1, -0.05) is 43.1 Å². The smallest absolute Gasteiger partial charge is 0.224 e. The summed E-state index contributed by atoms with van der Waals surface area (Å²) in [5.41, 5.74) is 3.77. The van der Waals surface area contributed by atoms with E-state index in [9.17, 15) is 4.79 Å². The van der Waals surface area contributed by atoms with Gasteiger partial charge >= 0.3 is 0 Å². The number of halogens is 2. The topological polar surface area (TPSA) is 55.1 Å². The molecule has 1 amide bonds. The number of aryl methyl sites for hydroxylation is 2. The third-order valence-electron chi connectivity index (χ3n) is 4.59. The Bertz CT molecular complexity index is 965. The number of nitrogens with one attached hydrogen (secondary N) is 1. The molecule has 0 saturated carbocycles. The van der Waals surface area contributed by atoms with Crippen LogP contribution in [0.3, 0.4) is 0 Å². The first-order valence-corrected chi connectivity index (χ1v) is 10.1. The minimum absolute atomic E-state index is 0.0853. The molecular formula is C22H22Cl2N2O2. The molecule has 28 heavy (non-hydrogen) atoms. The van der Waals surface area contributed by atoms with Gasteiger partial charge in [-0.3, -0.25) is 4.79 Å². The summed E-state index contributed by atoms with van der Waals surface area (Å²) in [6, 6.07) is 11.2. The minimum atomic E-state index is -0.0853. The fourth-order valence-electron chi connectivity index (χ4n) is 3.06. The number of rotatable bonds is 7. The van der Waals surface area contributed by atoms with E-state index in [4.69, 9.17) is 27.6 Å². The highest BCUT2D eigenvalue weighted by Gasteiger charge is 2.14. The molecule has 6 heteroatoms. The van der Waals surface area contributed by atoms with Crippen LogP contribution in [-0.4, -0.2) is 10.9 Å². The van der Waals surface area contributed by atoms with Crippen molar-refractivity contribution in [2.24, 2.45) is 0 Å². The molecule has 0 bridgehead atoms. The molecular weight excluding hydrogens is 395 g/mol. The van der Waals surface area contributed by atoms with Crippen LogP contribution in [0.5, 0.6) is 0 Å². The average molecular weight is 417 g/mol. The van der Waals surface area contributed by atoms with Crippen LogP contribution >= 0.6 is 23.2 Å². The first-order valence-electron chi connectivity index (χ1n) is 9.32. The molecule has 0 aliphatic heterocycles. The van der Waals surface area contributed by atoms with Gasteiger partial charge in [0.05, 0.1) is 6.20 Å².